The zero-order chi connectivity index (χ0) is 10.1. The Bertz CT molecular complexity index is 345. The Kier molecular flexibility index (Phi) is 2.66. The topological polar surface area (TPSA) is 32.3 Å². The van der Waals surface area contributed by atoms with Crippen LogP contribution in [0.5, 0.6) is 5.75 Å². The van der Waals surface area contributed by atoms with Crippen LogP contribution in [-0.2, 0) is 0 Å². The molecule has 14 heavy (non-hydrogen) atoms. The summed E-state index contributed by atoms with van der Waals surface area (Å²) >= 11 is 5.96. The molecule has 76 valence electrons. The summed E-state index contributed by atoms with van der Waals surface area (Å²) in [5.41, 5.74) is 1.79. The fourth-order valence-corrected chi connectivity index (χ4v) is 2.26. The summed E-state index contributed by atoms with van der Waals surface area (Å²) in [4.78, 5) is 0. The van der Waals surface area contributed by atoms with Crippen LogP contribution in [0.3, 0.4) is 0 Å². The van der Waals surface area contributed by atoms with Crippen molar-refractivity contribution in [2.24, 2.45) is 0 Å². The van der Waals surface area contributed by atoms with Crippen LogP contribution in [0.1, 0.15) is 30.0 Å². The van der Waals surface area contributed by atoms with Gasteiger partial charge in [-0.1, -0.05) is 11.6 Å². The molecule has 1 aromatic rings. The second-order valence-corrected chi connectivity index (χ2v) is 4.25. The standard InChI is InChI=1S/C11H14ClNO/c1-7-5-8(12)6-9(11(7)14)10-3-2-4-13-10/h5-6,10,13-14H,2-4H2,1H3/t10-/m1/s1. The quantitative estimate of drug-likeness (QED) is 0.749. The van der Waals surface area contributed by atoms with Crippen LogP contribution in [0.4, 0.5) is 0 Å². The average Bonchev–Trinajstić information content (AvgIpc) is 2.63. The minimum atomic E-state index is 0.271. The Balaban J connectivity index is 2.40. The maximum Gasteiger partial charge on any atom is 0.123 e. The summed E-state index contributed by atoms with van der Waals surface area (Å²) in [5.74, 6) is 0.383. The van der Waals surface area contributed by atoms with Gasteiger partial charge in [0.05, 0.1) is 0 Å². The number of hydrogen-bond donors (Lipinski definition) is 2. The smallest absolute Gasteiger partial charge is 0.123 e. The van der Waals surface area contributed by atoms with Crippen molar-refractivity contribution in [2.75, 3.05) is 6.54 Å². The molecule has 1 heterocycles. The van der Waals surface area contributed by atoms with E-state index in [0.717, 1.165) is 30.5 Å². The van der Waals surface area contributed by atoms with Crippen molar-refractivity contribution in [3.05, 3.63) is 28.3 Å². The van der Waals surface area contributed by atoms with E-state index < -0.39 is 0 Å². The SMILES string of the molecule is Cc1cc(Cl)cc([C@H]2CCCN2)c1O. The maximum atomic E-state index is 9.88. The normalized spacial score (nSPS) is 21.4. The van der Waals surface area contributed by atoms with E-state index in [9.17, 15) is 5.11 Å². The van der Waals surface area contributed by atoms with Crippen molar-refractivity contribution in [1.82, 2.24) is 5.32 Å². The molecule has 0 bridgehead atoms. The molecule has 0 aliphatic carbocycles. The van der Waals surface area contributed by atoms with E-state index >= 15 is 0 Å². The van der Waals surface area contributed by atoms with E-state index in [1.165, 1.54) is 0 Å². The Morgan fingerprint density at radius 1 is 1.50 bits per heavy atom. The number of rotatable bonds is 1. The molecule has 1 aliphatic heterocycles. The molecule has 2 nitrogen and oxygen atoms in total. The third-order valence-electron chi connectivity index (χ3n) is 2.73. The maximum absolute atomic E-state index is 9.88. The Hall–Kier alpha value is -0.730. The minimum Gasteiger partial charge on any atom is -0.507 e. The van der Waals surface area contributed by atoms with E-state index in [0.29, 0.717) is 10.8 Å². The fraction of sp³-hybridized carbons (Fsp3) is 0.455. The van der Waals surface area contributed by atoms with E-state index in [1.807, 2.05) is 13.0 Å². The van der Waals surface area contributed by atoms with Crippen molar-refractivity contribution >= 4 is 11.6 Å². The van der Waals surface area contributed by atoms with E-state index in [4.69, 9.17) is 11.6 Å². The zero-order valence-electron chi connectivity index (χ0n) is 8.18. The highest BCUT2D eigenvalue weighted by molar-refractivity contribution is 6.30. The summed E-state index contributed by atoms with van der Waals surface area (Å²) < 4.78 is 0. The van der Waals surface area contributed by atoms with Crippen LogP contribution in [0.15, 0.2) is 12.1 Å². The van der Waals surface area contributed by atoms with Crippen molar-refractivity contribution in [3.8, 4) is 5.75 Å². The molecular formula is C11H14ClNO. The molecule has 0 unspecified atom stereocenters. The van der Waals surface area contributed by atoms with Crippen molar-refractivity contribution in [3.63, 3.8) is 0 Å². The largest absolute Gasteiger partial charge is 0.507 e. The monoisotopic (exact) mass is 211 g/mol. The van der Waals surface area contributed by atoms with E-state index in [-0.39, 0.29) is 6.04 Å². The zero-order valence-corrected chi connectivity index (χ0v) is 8.93. The predicted octanol–water partition coefficient (Wildman–Crippen LogP) is 2.78. The van der Waals surface area contributed by atoms with Crippen LogP contribution in [0.25, 0.3) is 0 Å². The lowest BCUT2D eigenvalue weighted by Gasteiger charge is -2.14. The Morgan fingerprint density at radius 3 is 2.93 bits per heavy atom. The number of aromatic hydroxyl groups is 1. The van der Waals surface area contributed by atoms with Crippen LogP contribution < -0.4 is 5.32 Å². The minimum absolute atomic E-state index is 0.271. The van der Waals surface area contributed by atoms with Gasteiger partial charge < -0.3 is 10.4 Å². The van der Waals surface area contributed by atoms with Gasteiger partial charge >= 0.3 is 0 Å². The second kappa shape index (κ2) is 3.79. The lowest BCUT2D eigenvalue weighted by atomic mass is 10.0. The van der Waals surface area contributed by atoms with Gasteiger partial charge in [0, 0.05) is 16.6 Å². The number of halogens is 1. The van der Waals surface area contributed by atoms with Crippen LogP contribution in [0.2, 0.25) is 5.02 Å². The van der Waals surface area contributed by atoms with Gasteiger partial charge in [0.15, 0.2) is 0 Å². The van der Waals surface area contributed by atoms with Crippen molar-refractivity contribution in [1.29, 1.82) is 0 Å². The average molecular weight is 212 g/mol. The van der Waals surface area contributed by atoms with E-state index in [2.05, 4.69) is 5.32 Å². The number of aryl methyl sites for hydroxylation is 1. The Morgan fingerprint density at radius 2 is 2.29 bits per heavy atom. The van der Waals surface area contributed by atoms with Crippen LogP contribution in [0, 0.1) is 6.92 Å². The number of benzene rings is 1. The fourth-order valence-electron chi connectivity index (χ4n) is 1.98. The molecule has 0 spiro atoms. The number of hydrogen-bond acceptors (Lipinski definition) is 2. The van der Waals surface area contributed by atoms with E-state index in [1.54, 1.807) is 6.07 Å². The molecule has 0 aromatic heterocycles. The number of phenolic OH excluding ortho intramolecular Hbond substituents is 1. The van der Waals surface area contributed by atoms with Gasteiger partial charge in [-0.2, -0.15) is 0 Å². The van der Waals surface area contributed by atoms with Gasteiger partial charge in [-0.15, -0.1) is 0 Å². The summed E-state index contributed by atoms with van der Waals surface area (Å²) in [7, 11) is 0. The van der Waals surface area contributed by atoms with Gasteiger partial charge in [-0.05, 0) is 44.0 Å². The predicted molar refractivity (Wildman–Crippen MR) is 57.8 cm³/mol. The highest BCUT2D eigenvalue weighted by Gasteiger charge is 2.20. The Labute approximate surface area is 88.9 Å². The first-order valence-corrected chi connectivity index (χ1v) is 5.28. The van der Waals surface area contributed by atoms with Gasteiger partial charge in [0.1, 0.15) is 5.75 Å². The molecule has 2 N–H and O–H groups in total. The first kappa shape index (κ1) is 9.81. The molecule has 2 rings (SSSR count). The molecule has 1 saturated heterocycles. The summed E-state index contributed by atoms with van der Waals surface area (Å²) in [6.07, 6.45) is 2.24. The number of nitrogens with one attached hydrogen (secondary N) is 1. The first-order valence-electron chi connectivity index (χ1n) is 4.91. The van der Waals surface area contributed by atoms with Crippen molar-refractivity contribution in [2.45, 2.75) is 25.8 Å². The molecular weight excluding hydrogens is 198 g/mol. The molecule has 1 aromatic carbocycles. The van der Waals surface area contributed by atoms with Crippen LogP contribution in [-0.4, -0.2) is 11.7 Å². The third-order valence-corrected chi connectivity index (χ3v) is 2.95. The van der Waals surface area contributed by atoms with Gasteiger partial charge in [0.25, 0.3) is 0 Å². The van der Waals surface area contributed by atoms with Gasteiger partial charge in [0.2, 0.25) is 0 Å². The summed E-state index contributed by atoms with van der Waals surface area (Å²) in [6, 6.07) is 3.91. The molecule has 0 saturated carbocycles. The molecule has 1 aliphatic rings. The molecule has 1 atom stereocenters. The second-order valence-electron chi connectivity index (χ2n) is 3.81. The lowest BCUT2D eigenvalue weighted by molar-refractivity contribution is 0.453. The number of phenols is 1. The molecule has 0 amide bonds. The molecule has 3 heteroatoms. The van der Waals surface area contributed by atoms with Crippen LogP contribution >= 0.6 is 11.6 Å². The lowest BCUT2D eigenvalue weighted by Crippen LogP contribution is -2.13. The summed E-state index contributed by atoms with van der Waals surface area (Å²) in [5, 5.41) is 13.9. The highest BCUT2D eigenvalue weighted by Crippen LogP contribution is 2.34. The third kappa shape index (κ3) is 1.72. The molecule has 1 fully saturated rings. The molecule has 0 radical (unpaired) electrons. The first-order chi connectivity index (χ1) is 6.68. The highest BCUT2D eigenvalue weighted by atomic mass is 35.5. The van der Waals surface area contributed by atoms with Gasteiger partial charge in [-0.3, -0.25) is 0 Å². The van der Waals surface area contributed by atoms with Crippen molar-refractivity contribution < 1.29 is 5.11 Å². The summed E-state index contributed by atoms with van der Waals surface area (Å²) in [6.45, 7) is 2.90. The van der Waals surface area contributed by atoms with Gasteiger partial charge in [-0.25, -0.2) is 0 Å².